The van der Waals surface area contributed by atoms with E-state index in [1.165, 1.54) is 18.2 Å². The molecule has 0 radical (unpaired) electrons. The van der Waals surface area contributed by atoms with Gasteiger partial charge in [0.25, 0.3) is 11.8 Å². The summed E-state index contributed by atoms with van der Waals surface area (Å²) >= 11 is 1.36. The second-order valence-electron chi connectivity index (χ2n) is 8.48. The van der Waals surface area contributed by atoms with Gasteiger partial charge in [0.2, 0.25) is 5.91 Å². The summed E-state index contributed by atoms with van der Waals surface area (Å²) in [5.74, 6) is -0.449. The van der Waals surface area contributed by atoms with Crippen molar-refractivity contribution in [2.24, 2.45) is 4.99 Å². The van der Waals surface area contributed by atoms with Crippen LogP contribution >= 0.6 is 11.8 Å². The predicted octanol–water partition coefficient (Wildman–Crippen LogP) is 3.17. The summed E-state index contributed by atoms with van der Waals surface area (Å²) in [5.41, 5.74) is 1.55. The van der Waals surface area contributed by atoms with E-state index in [-0.39, 0.29) is 30.6 Å². The van der Waals surface area contributed by atoms with Gasteiger partial charge >= 0.3 is 0 Å². The van der Waals surface area contributed by atoms with Gasteiger partial charge in [-0.25, -0.2) is 4.68 Å². The summed E-state index contributed by atoms with van der Waals surface area (Å²) in [6.45, 7) is 3.97. The molecule has 2 aliphatic heterocycles. The Morgan fingerprint density at radius 2 is 2.00 bits per heavy atom. The van der Waals surface area contributed by atoms with Gasteiger partial charge in [0.1, 0.15) is 11.1 Å². The van der Waals surface area contributed by atoms with Crippen molar-refractivity contribution in [1.29, 1.82) is 5.26 Å². The number of aliphatic imine (C=N–C) groups is 1. The number of anilines is 2. The molecule has 10 nitrogen and oxygen atoms in total. The van der Waals surface area contributed by atoms with Crippen LogP contribution in [-0.2, 0) is 16.1 Å². The van der Waals surface area contributed by atoms with Crippen LogP contribution in [0.2, 0.25) is 0 Å². The average molecular weight is 494 g/mol. The molecule has 1 fully saturated rings. The lowest BCUT2D eigenvalue weighted by atomic mass is 10.1. The Balaban J connectivity index is 1.34. The smallest absolute Gasteiger partial charge is 0.262 e. The molecule has 2 aromatic rings. The fraction of sp³-hybridized carbons (Fsp3) is 0.417. The van der Waals surface area contributed by atoms with Crippen LogP contribution < -0.4 is 10.6 Å². The zero-order valence-electron chi connectivity index (χ0n) is 19.5. The molecule has 0 bridgehead atoms. The first-order valence-electron chi connectivity index (χ1n) is 11.6. The average Bonchev–Trinajstić information content (AvgIpc) is 3.39. The van der Waals surface area contributed by atoms with Crippen LogP contribution in [0.25, 0.3) is 0 Å². The van der Waals surface area contributed by atoms with Crippen LogP contribution in [0.15, 0.2) is 35.3 Å². The molecule has 1 unspecified atom stereocenters. The summed E-state index contributed by atoms with van der Waals surface area (Å²) in [5, 5.41) is 18.9. The number of aromatic nitrogens is 2. The van der Waals surface area contributed by atoms with E-state index in [0.29, 0.717) is 23.6 Å². The Morgan fingerprint density at radius 3 is 2.77 bits per heavy atom. The van der Waals surface area contributed by atoms with E-state index >= 15 is 0 Å². The molecule has 182 valence electrons. The first kappa shape index (κ1) is 24.5. The SMILES string of the molecule is Cc1cc(NC(=O)c2cccc(NC(=O)CC3SC(N4CCCCC4)=NC3=O)c2)n(CCC#N)n1. The van der Waals surface area contributed by atoms with Gasteiger partial charge < -0.3 is 15.5 Å². The minimum absolute atomic E-state index is 0.0120. The quantitative estimate of drug-likeness (QED) is 0.605. The van der Waals surface area contributed by atoms with Crippen LogP contribution in [0.4, 0.5) is 11.5 Å². The zero-order chi connectivity index (χ0) is 24.8. The molecule has 35 heavy (non-hydrogen) atoms. The first-order valence-corrected chi connectivity index (χ1v) is 12.5. The lowest BCUT2D eigenvalue weighted by Crippen LogP contribution is -2.33. The van der Waals surface area contributed by atoms with E-state index in [4.69, 9.17) is 5.26 Å². The van der Waals surface area contributed by atoms with E-state index in [1.807, 2.05) is 6.92 Å². The molecule has 2 N–H and O–H groups in total. The molecule has 1 aromatic heterocycles. The van der Waals surface area contributed by atoms with Crippen molar-refractivity contribution in [3.63, 3.8) is 0 Å². The normalized spacial score (nSPS) is 17.6. The number of likely N-dealkylation sites (tertiary alicyclic amines) is 1. The van der Waals surface area contributed by atoms with Gasteiger partial charge in [0, 0.05) is 36.8 Å². The molecule has 0 spiro atoms. The van der Waals surface area contributed by atoms with Crippen LogP contribution in [0, 0.1) is 18.3 Å². The Morgan fingerprint density at radius 1 is 1.20 bits per heavy atom. The highest BCUT2D eigenvalue weighted by Crippen LogP contribution is 2.29. The highest BCUT2D eigenvalue weighted by Gasteiger charge is 2.33. The third kappa shape index (κ3) is 6.27. The van der Waals surface area contributed by atoms with E-state index in [1.54, 1.807) is 35.0 Å². The number of benzene rings is 1. The van der Waals surface area contributed by atoms with Gasteiger partial charge in [0.15, 0.2) is 5.17 Å². The number of amides is 3. The summed E-state index contributed by atoms with van der Waals surface area (Å²) < 4.78 is 1.58. The van der Waals surface area contributed by atoms with Gasteiger partial charge in [-0.3, -0.25) is 14.4 Å². The number of piperidine rings is 1. The summed E-state index contributed by atoms with van der Waals surface area (Å²) in [4.78, 5) is 44.1. The van der Waals surface area contributed by atoms with Crippen LogP contribution in [0.1, 0.15) is 48.2 Å². The number of nitriles is 1. The van der Waals surface area contributed by atoms with Crippen LogP contribution in [0.5, 0.6) is 0 Å². The Kier molecular flexibility index (Phi) is 7.82. The maximum atomic E-state index is 12.8. The molecular weight excluding hydrogens is 466 g/mol. The number of nitrogens with zero attached hydrogens (tertiary/aromatic N) is 5. The summed E-state index contributed by atoms with van der Waals surface area (Å²) in [6, 6.07) is 10.4. The summed E-state index contributed by atoms with van der Waals surface area (Å²) in [7, 11) is 0. The zero-order valence-corrected chi connectivity index (χ0v) is 20.3. The number of thioether (sulfide) groups is 1. The highest BCUT2D eigenvalue weighted by atomic mass is 32.2. The molecule has 1 atom stereocenters. The second-order valence-corrected chi connectivity index (χ2v) is 9.65. The fourth-order valence-corrected chi connectivity index (χ4v) is 5.13. The lowest BCUT2D eigenvalue weighted by molar-refractivity contribution is -0.121. The number of hydrogen-bond donors (Lipinski definition) is 2. The molecule has 1 saturated heterocycles. The van der Waals surface area contributed by atoms with Crippen molar-refractivity contribution in [3.05, 3.63) is 41.6 Å². The molecule has 2 aliphatic rings. The predicted molar refractivity (Wildman–Crippen MR) is 134 cm³/mol. The largest absolute Gasteiger partial charge is 0.351 e. The van der Waals surface area contributed by atoms with Gasteiger partial charge in [-0.15, -0.1) is 0 Å². The number of nitrogens with one attached hydrogen (secondary N) is 2. The third-order valence-electron chi connectivity index (χ3n) is 5.71. The topological polar surface area (TPSA) is 132 Å². The Labute approximate surface area is 207 Å². The monoisotopic (exact) mass is 493 g/mol. The molecule has 11 heteroatoms. The van der Waals surface area contributed by atoms with Crippen LogP contribution in [-0.4, -0.2) is 55.9 Å². The van der Waals surface area contributed by atoms with Crippen LogP contribution in [0.3, 0.4) is 0 Å². The Bertz CT molecular complexity index is 1190. The standard InChI is InChI=1S/C24H27N7O3S/c1-16-13-20(31(29-16)12-6-9-25)27-22(33)17-7-5-8-18(14-17)26-21(32)15-19-23(34)28-24(35-19)30-10-3-2-4-11-30/h5,7-8,13-14,19H,2-4,6,10-12,15H2,1H3,(H,26,32)(H,27,33). The van der Waals surface area contributed by atoms with Crippen molar-refractivity contribution in [1.82, 2.24) is 14.7 Å². The lowest BCUT2D eigenvalue weighted by Gasteiger charge is -2.27. The molecule has 0 saturated carbocycles. The molecular formula is C24H27N7O3S. The fourth-order valence-electron chi connectivity index (χ4n) is 4.01. The van der Waals surface area contributed by atoms with Gasteiger partial charge in [-0.05, 0) is 44.4 Å². The van der Waals surface area contributed by atoms with Gasteiger partial charge in [-0.1, -0.05) is 17.8 Å². The maximum absolute atomic E-state index is 12.8. The van der Waals surface area contributed by atoms with Crippen molar-refractivity contribution >= 4 is 46.2 Å². The number of amidine groups is 1. The van der Waals surface area contributed by atoms with Crippen molar-refractivity contribution in [2.75, 3.05) is 23.7 Å². The van der Waals surface area contributed by atoms with Crippen molar-refractivity contribution in [2.45, 2.75) is 50.8 Å². The van der Waals surface area contributed by atoms with E-state index in [9.17, 15) is 14.4 Å². The van der Waals surface area contributed by atoms with E-state index < -0.39 is 5.25 Å². The number of carbonyl (C=O) groups is 3. The van der Waals surface area contributed by atoms with Crippen molar-refractivity contribution in [3.8, 4) is 6.07 Å². The molecule has 3 heterocycles. The van der Waals surface area contributed by atoms with E-state index in [2.05, 4.69) is 31.7 Å². The number of rotatable bonds is 7. The van der Waals surface area contributed by atoms with Crippen molar-refractivity contribution < 1.29 is 14.4 Å². The number of carbonyl (C=O) groups excluding carboxylic acids is 3. The van der Waals surface area contributed by atoms with E-state index in [0.717, 1.165) is 36.8 Å². The molecule has 1 aromatic carbocycles. The third-order valence-corrected chi connectivity index (χ3v) is 6.93. The first-order chi connectivity index (χ1) is 16.9. The van der Waals surface area contributed by atoms with Gasteiger partial charge in [-0.2, -0.15) is 15.4 Å². The highest BCUT2D eigenvalue weighted by molar-refractivity contribution is 8.15. The maximum Gasteiger partial charge on any atom is 0.262 e. The molecule has 3 amide bonds. The number of aryl methyl sites for hydroxylation is 2. The molecule has 0 aliphatic carbocycles. The Hall–Kier alpha value is -3.65. The summed E-state index contributed by atoms with van der Waals surface area (Å²) in [6.07, 6.45) is 3.65. The number of hydrogen-bond acceptors (Lipinski definition) is 7. The van der Waals surface area contributed by atoms with Gasteiger partial charge in [0.05, 0.1) is 24.7 Å². The second kappa shape index (κ2) is 11.2. The minimum atomic E-state index is -0.532. The molecule has 4 rings (SSSR count). The minimum Gasteiger partial charge on any atom is -0.351 e.